The van der Waals surface area contributed by atoms with Crippen LogP contribution >= 0.6 is 0 Å². The number of amides is 1. The number of carbonyl (C=O) groups excluding carboxylic acids is 1. The highest BCUT2D eigenvalue weighted by atomic mass is 16.4. The van der Waals surface area contributed by atoms with Gasteiger partial charge in [0.15, 0.2) is 0 Å². The lowest BCUT2D eigenvalue weighted by atomic mass is 10.0. The molecule has 1 amide bonds. The van der Waals surface area contributed by atoms with E-state index in [0.717, 1.165) is 5.56 Å². The van der Waals surface area contributed by atoms with Gasteiger partial charge in [0.25, 0.3) is 5.91 Å². The first-order valence-corrected chi connectivity index (χ1v) is 7.35. The quantitative estimate of drug-likeness (QED) is 0.501. The van der Waals surface area contributed by atoms with Crippen molar-refractivity contribution in [1.82, 2.24) is 10.6 Å². The summed E-state index contributed by atoms with van der Waals surface area (Å²) < 4.78 is 0. The number of nitrogens with zero attached hydrogens (tertiary/aromatic N) is 1. The molecule has 0 fully saturated rings. The van der Waals surface area contributed by atoms with Crippen LogP contribution in [0.3, 0.4) is 0 Å². The normalized spacial score (nSPS) is 12.3. The van der Waals surface area contributed by atoms with Crippen molar-refractivity contribution in [3.8, 4) is 6.07 Å². The number of nitrogens with one attached hydrogen (secondary N) is 2. The van der Waals surface area contributed by atoms with Crippen LogP contribution in [0.4, 0.5) is 0 Å². The fourth-order valence-electron chi connectivity index (χ4n) is 1.92. The van der Waals surface area contributed by atoms with Crippen LogP contribution in [0.1, 0.15) is 25.8 Å². The first-order chi connectivity index (χ1) is 10.9. The van der Waals surface area contributed by atoms with E-state index in [1.807, 2.05) is 44.2 Å². The van der Waals surface area contributed by atoms with E-state index in [1.54, 1.807) is 6.07 Å². The maximum Gasteiger partial charge on any atom is 0.326 e. The third kappa shape index (κ3) is 6.66. The maximum absolute atomic E-state index is 12.0. The number of carboxylic acid groups (broad SMARTS) is 1. The van der Waals surface area contributed by atoms with Gasteiger partial charge in [-0.2, -0.15) is 5.26 Å². The molecule has 1 unspecified atom stereocenters. The molecule has 6 heteroatoms. The zero-order chi connectivity index (χ0) is 17.2. The zero-order valence-electron chi connectivity index (χ0n) is 13.2. The van der Waals surface area contributed by atoms with Crippen molar-refractivity contribution in [3.05, 3.63) is 47.7 Å². The number of aliphatic carboxylic acids is 1. The Kier molecular flexibility index (Phi) is 7.34. The Labute approximate surface area is 135 Å². The number of hydrogen-bond acceptors (Lipinski definition) is 4. The summed E-state index contributed by atoms with van der Waals surface area (Å²) in [7, 11) is 0. The molecule has 0 bridgehead atoms. The van der Waals surface area contributed by atoms with E-state index in [4.69, 9.17) is 10.4 Å². The standard InChI is InChI=1S/C17H21N3O3/c1-12(2)8-15(17(22)23)19-11-14(9-18)16(21)20-10-13-6-4-3-5-7-13/h3-7,11-12,15,19H,8,10H2,1-2H3,(H,20,21)(H,22,23)/b14-11-. The number of rotatable bonds is 8. The second-order valence-electron chi connectivity index (χ2n) is 5.53. The zero-order valence-corrected chi connectivity index (χ0v) is 13.2. The largest absolute Gasteiger partial charge is 0.480 e. The van der Waals surface area contributed by atoms with Crippen molar-refractivity contribution in [2.45, 2.75) is 32.9 Å². The molecule has 0 aromatic heterocycles. The summed E-state index contributed by atoms with van der Waals surface area (Å²) in [4.78, 5) is 23.1. The van der Waals surface area contributed by atoms with Gasteiger partial charge < -0.3 is 15.7 Å². The molecule has 1 aromatic rings. The molecule has 6 nitrogen and oxygen atoms in total. The van der Waals surface area contributed by atoms with Crippen molar-refractivity contribution >= 4 is 11.9 Å². The van der Waals surface area contributed by atoms with Gasteiger partial charge in [0.1, 0.15) is 17.7 Å². The van der Waals surface area contributed by atoms with E-state index in [0.29, 0.717) is 13.0 Å². The average molecular weight is 315 g/mol. The SMILES string of the molecule is CC(C)CC(N/C=C(/C#N)C(=O)NCc1ccccc1)C(=O)O. The lowest BCUT2D eigenvalue weighted by Gasteiger charge is -2.15. The van der Waals surface area contributed by atoms with Gasteiger partial charge >= 0.3 is 5.97 Å². The molecular weight excluding hydrogens is 294 g/mol. The second kappa shape index (κ2) is 9.26. The van der Waals surface area contributed by atoms with Gasteiger partial charge in [0, 0.05) is 12.7 Å². The smallest absolute Gasteiger partial charge is 0.326 e. The molecule has 0 saturated carbocycles. The Hall–Kier alpha value is -2.81. The summed E-state index contributed by atoms with van der Waals surface area (Å²) in [5.41, 5.74) is 0.755. The van der Waals surface area contributed by atoms with E-state index >= 15 is 0 Å². The van der Waals surface area contributed by atoms with E-state index in [9.17, 15) is 9.59 Å². The molecule has 0 saturated heterocycles. The van der Waals surface area contributed by atoms with E-state index in [1.165, 1.54) is 6.20 Å². The van der Waals surface area contributed by atoms with Crippen LogP contribution in [0.15, 0.2) is 42.1 Å². The number of carbonyl (C=O) groups is 2. The van der Waals surface area contributed by atoms with Crippen LogP contribution in [0.2, 0.25) is 0 Å². The van der Waals surface area contributed by atoms with E-state index < -0.39 is 17.9 Å². The minimum absolute atomic E-state index is 0.157. The highest BCUT2D eigenvalue weighted by Gasteiger charge is 2.18. The van der Waals surface area contributed by atoms with Gasteiger partial charge in [0.2, 0.25) is 0 Å². The van der Waals surface area contributed by atoms with Crippen molar-refractivity contribution in [3.63, 3.8) is 0 Å². The molecule has 1 aromatic carbocycles. The van der Waals surface area contributed by atoms with Gasteiger partial charge in [-0.1, -0.05) is 44.2 Å². The summed E-state index contributed by atoms with van der Waals surface area (Å²) in [5, 5.41) is 23.4. The van der Waals surface area contributed by atoms with Gasteiger partial charge in [0.05, 0.1) is 0 Å². The summed E-state index contributed by atoms with van der Waals surface area (Å²) in [5.74, 6) is -1.39. The topological polar surface area (TPSA) is 102 Å². The molecule has 1 rings (SSSR count). The van der Waals surface area contributed by atoms with Crippen LogP contribution in [0.25, 0.3) is 0 Å². The molecule has 23 heavy (non-hydrogen) atoms. The second-order valence-corrected chi connectivity index (χ2v) is 5.53. The summed E-state index contributed by atoms with van der Waals surface area (Å²) >= 11 is 0. The maximum atomic E-state index is 12.0. The molecule has 122 valence electrons. The Morgan fingerprint density at radius 3 is 2.48 bits per heavy atom. The third-order valence-corrected chi connectivity index (χ3v) is 3.10. The molecule has 0 heterocycles. The molecule has 0 spiro atoms. The fourth-order valence-corrected chi connectivity index (χ4v) is 1.92. The van der Waals surface area contributed by atoms with Crippen LogP contribution in [0, 0.1) is 17.2 Å². The van der Waals surface area contributed by atoms with Gasteiger partial charge in [-0.3, -0.25) is 4.79 Å². The molecule has 0 aliphatic carbocycles. The van der Waals surface area contributed by atoms with Crippen LogP contribution in [-0.4, -0.2) is 23.0 Å². The molecule has 0 aliphatic rings. The van der Waals surface area contributed by atoms with Crippen LogP contribution in [0.5, 0.6) is 0 Å². The summed E-state index contributed by atoms with van der Waals surface area (Å²) in [6.07, 6.45) is 1.57. The number of benzene rings is 1. The Morgan fingerprint density at radius 1 is 1.30 bits per heavy atom. The molecule has 3 N–H and O–H groups in total. The van der Waals surface area contributed by atoms with Gasteiger partial charge in [-0.05, 0) is 17.9 Å². The molecule has 1 atom stereocenters. The minimum Gasteiger partial charge on any atom is -0.480 e. The monoisotopic (exact) mass is 315 g/mol. The van der Waals surface area contributed by atoms with Gasteiger partial charge in [-0.15, -0.1) is 0 Å². The first kappa shape index (κ1) is 18.2. The average Bonchev–Trinajstić information content (AvgIpc) is 2.52. The highest BCUT2D eigenvalue weighted by molar-refractivity contribution is 5.97. The van der Waals surface area contributed by atoms with Crippen molar-refractivity contribution < 1.29 is 14.7 Å². The number of hydrogen-bond donors (Lipinski definition) is 3. The first-order valence-electron chi connectivity index (χ1n) is 7.35. The fraction of sp³-hybridized carbons (Fsp3) is 0.353. The van der Waals surface area contributed by atoms with Crippen molar-refractivity contribution in [2.24, 2.45) is 5.92 Å². The van der Waals surface area contributed by atoms with Crippen molar-refractivity contribution in [2.75, 3.05) is 0 Å². The predicted octanol–water partition coefficient (Wildman–Crippen LogP) is 1.80. The van der Waals surface area contributed by atoms with Gasteiger partial charge in [-0.25, -0.2) is 4.79 Å². The van der Waals surface area contributed by atoms with Crippen LogP contribution < -0.4 is 10.6 Å². The third-order valence-electron chi connectivity index (χ3n) is 3.10. The molecule has 0 radical (unpaired) electrons. The number of nitriles is 1. The summed E-state index contributed by atoms with van der Waals surface area (Å²) in [6, 6.07) is 10.2. The Morgan fingerprint density at radius 2 is 1.96 bits per heavy atom. The Bertz CT molecular complexity index is 603. The minimum atomic E-state index is -1.02. The number of carboxylic acids is 1. The molecular formula is C17H21N3O3. The predicted molar refractivity (Wildman–Crippen MR) is 86.0 cm³/mol. The van der Waals surface area contributed by atoms with E-state index in [-0.39, 0.29) is 11.5 Å². The van der Waals surface area contributed by atoms with E-state index in [2.05, 4.69) is 10.6 Å². The lowest BCUT2D eigenvalue weighted by Crippen LogP contribution is -2.35. The Balaban J connectivity index is 2.64. The lowest BCUT2D eigenvalue weighted by molar-refractivity contribution is -0.139. The van der Waals surface area contributed by atoms with Crippen LogP contribution in [-0.2, 0) is 16.1 Å². The highest BCUT2D eigenvalue weighted by Crippen LogP contribution is 2.05. The van der Waals surface area contributed by atoms with Crippen molar-refractivity contribution in [1.29, 1.82) is 5.26 Å². The summed E-state index contributed by atoms with van der Waals surface area (Å²) in [6.45, 7) is 4.10. The molecule has 0 aliphatic heterocycles.